The predicted molar refractivity (Wildman–Crippen MR) is 96.2 cm³/mol. The van der Waals surface area contributed by atoms with Gasteiger partial charge in [-0.3, -0.25) is 9.78 Å². The highest BCUT2D eigenvalue weighted by molar-refractivity contribution is 5.99. The van der Waals surface area contributed by atoms with Gasteiger partial charge < -0.3 is 5.73 Å². The van der Waals surface area contributed by atoms with E-state index in [1.807, 2.05) is 37.3 Å². The molecule has 2 heterocycles. The van der Waals surface area contributed by atoms with Crippen molar-refractivity contribution < 1.29 is 4.79 Å². The molecule has 4 rings (SSSR count). The average molecular weight is 330 g/mol. The molecule has 1 atom stereocenters. The number of benzene rings is 1. The van der Waals surface area contributed by atoms with Gasteiger partial charge in [0.1, 0.15) is 0 Å². The van der Waals surface area contributed by atoms with E-state index in [0.29, 0.717) is 24.1 Å². The Bertz CT molecular complexity index is 953. The van der Waals surface area contributed by atoms with Gasteiger partial charge in [-0.15, -0.1) is 0 Å². The van der Waals surface area contributed by atoms with Crippen LogP contribution < -0.4 is 5.73 Å². The van der Waals surface area contributed by atoms with Gasteiger partial charge >= 0.3 is 0 Å². The number of nitrogens with two attached hydrogens (primary N) is 1. The van der Waals surface area contributed by atoms with Crippen molar-refractivity contribution in [3.63, 3.8) is 0 Å². The van der Waals surface area contributed by atoms with Crippen LogP contribution in [0.1, 0.15) is 39.6 Å². The first-order valence-electron chi connectivity index (χ1n) is 8.29. The number of carbonyl (C=O) groups excluding carboxylic acids is 1. The van der Waals surface area contributed by atoms with E-state index in [-0.39, 0.29) is 17.6 Å². The van der Waals surface area contributed by atoms with Gasteiger partial charge in [0, 0.05) is 18.2 Å². The lowest BCUT2D eigenvalue weighted by Crippen LogP contribution is -2.23. The number of carbonyl (C=O) groups is 1. The zero-order chi connectivity index (χ0) is 17.4. The lowest BCUT2D eigenvalue weighted by atomic mass is 9.81. The first-order valence-corrected chi connectivity index (χ1v) is 8.29. The van der Waals surface area contributed by atoms with Crippen molar-refractivity contribution in [1.29, 1.82) is 0 Å². The van der Waals surface area contributed by atoms with Gasteiger partial charge in [-0.05, 0) is 43.0 Å². The van der Waals surface area contributed by atoms with Crippen LogP contribution >= 0.6 is 0 Å². The van der Waals surface area contributed by atoms with Gasteiger partial charge in [-0.2, -0.15) is 0 Å². The maximum Gasteiger partial charge on any atom is 0.220 e. The Morgan fingerprint density at radius 2 is 1.96 bits per heavy atom. The number of rotatable bonds is 2. The molecule has 1 unspecified atom stereocenters. The average Bonchev–Trinajstić information content (AvgIpc) is 2.61. The molecule has 5 nitrogen and oxygen atoms in total. The molecule has 124 valence electrons. The van der Waals surface area contributed by atoms with Crippen LogP contribution in [0.5, 0.6) is 0 Å². The van der Waals surface area contributed by atoms with Crippen molar-refractivity contribution in [3.05, 3.63) is 71.2 Å². The molecule has 0 fully saturated rings. The number of hydrogen-bond acceptors (Lipinski definition) is 5. The number of aromatic nitrogens is 3. The summed E-state index contributed by atoms with van der Waals surface area (Å²) in [6.07, 6.45) is 2.94. The Morgan fingerprint density at radius 1 is 1.08 bits per heavy atom. The molecule has 0 amide bonds. The lowest BCUT2D eigenvalue weighted by molar-refractivity contribution is 0.0962. The first-order chi connectivity index (χ1) is 12.1. The van der Waals surface area contributed by atoms with Crippen LogP contribution in [0.3, 0.4) is 0 Å². The van der Waals surface area contributed by atoms with Crippen molar-refractivity contribution in [2.45, 2.75) is 25.7 Å². The standard InChI is InChI=1S/C20H18N4O/c1-12-19-17(24-20(21)23-12)10-15(11-18(19)25)13-5-4-6-14(9-13)16-7-2-3-8-22-16/h2-9,15H,10-11H2,1H3,(H2,21,23,24). The summed E-state index contributed by atoms with van der Waals surface area (Å²) in [6, 6.07) is 14.1. The molecule has 5 heteroatoms. The van der Waals surface area contributed by atoms with Crippen LogP contribution in [-0.2, 0) is 6.42 Å². The molecule has 1 aromatic carbocycles. The van der Waals surface area contributed by atoms with Crippen molar-refractivity contribution in [2.24, 2.45) is 0 Å². The number of nitrogens with zero attached hydrogens (tertiary/aromatic N) is 3. The van der Waals surface area contributed by atoms with Crippen LogP contribution in [0.2, 0.25) is 0 Å². The molecule has 1 aliphatic rings. The van der Waals surface area contributed by atoms with Crippen molar-refractivity contribution in [1.82, 2.24) is 15.0 Å². The number of nitrogen functional groups attached to an aromatic ring is 1. The quantitative estimate of drug-likeness (QED) is 0.779. The molecule has 2 aromatic heterocycles. The van der Waals surface area contributed by atoms with E-state index in [1.54, 1.807) is 6.20 Å². The Balaban J connectivity index is 1.71. The summed E-state index contributed by atoms with van der Waals surface area (Å²) in [5, 5.41) is 0. The number of aryl methyl sites for hydroxylation is 1. The fourth-order valence-electron chi connectivity index (χ4n) is 3.52. The molecule has 0 radical (unpaired) electrons. The second-order valence-corrected chi connectivity index (χ2v) is 6.36. The summed E-state index contributed by atoms with van der Waals surface area (Å²) in [6.45, 7) is 1.82. The molecular formula is C20H18N4O. The van der Waals surface area contributed by atoms with Gasteiger partial charge in [0.15, 0.2) is 5.78 Å². The largest absolute Gasteiger partial charge is 0.368 e. The van der Waals surface area contributed by atoms with E-state index in [9.17, 15) is 4.79 Å². The third kappa shape index (κ3) is 2.89. The van der Waals surface area contributed by atoms with E-state index in [2.05, 4.69) is 27.1 Å². The zero-order valence-electron chi connectivity index (χ0n) is 13.9. The van der Waals surface area contributed by atoms with Crippen molar-refractivity contribution >= 4 is 11.7 Å². The zero-order valence-corrected chi connectivity index (χ0v) is 13.9. The van der Waals surface area contributed by atoms with Gasteiger partial charge in [-0.25, -0.2) is 9.97 Å². The van der Waals surface area contributed by atoms with Crippen LogP contribution in [0.25, 0.3) is 11.3 Å². The molecule has 0 saturated carbocycles. The summed E-state index contributed by atoms with van der Waals surface area (Å²) in [7, 11) is 0. The van der Waals surface area contributed by atoms with E-state index in [0.717, 1.165) is 22.5 Å². The normalized spacial score (nSPS) is 16.5. The molecule has 3 aromatic rings. The van der Waals surface area contributed by atoms with Gasteiger partial charge in [0.05, 0.1) is 22.6 Å². The van der Waals surface area contributed by atoms with Crippen molar-refractivity contribution in [3.8, 4) is 11.3 Å². The van der Waals surface area contributed by atoms with Gasteiger partial charge in [0.25, 0.3) is 0 Å². The highest BCUT2D eigenvalue weighted by Crippen LogP contribution is 2.34. The summed E-state index contributed by atoms with van der Waals surface area (Å²) in [5.74, 6) is 0.413. The minimum absolute atomic E-state index is 0.0898. The number of pyridine rings is 1. The fraction of sp³-hybridized carbons (Fsp3) is 0.200. The number of ketones is 1. The Hall–Kier alpha value is -3.08. The molecular weight excluding hydrogens is 312 g/mol. The monoisotopic (exact) mass is 330 g/mol. The molecule has 0 aliphatic heterocycles. The summed E-state index contributed by atoms with van der Waals surface area (Å²) in [5.41, 5.74) is 10.9. The lowest BCUT2D eigenvalue weighted by Gasteiger charge is -2.24. The van der Waals surface area contributed by atoms with E-state index in [1.165, 1.54) is 0 Å². The van der Waals surface area contributed by atoms with Gasteiger partial charge in [0.2, 0.25) is 5.95 Å². The topological polar surface area (TPSA) is 81.8 Å². The highest BCUT2D eigenvalue weighted by atomic mass is 16.1. The van der Waals surface area contributed by atoms with E-state index < -0.39 is 0 Å². The number of Topliss-reactive ketones (excluding diaryl/α,β-unsaturated/α-hetero) is 1. The summed E-state index contributed by atoms with van der Waals surface area (Å²) >= 11 is 0. The number of fused-ring (bicyclic) bond motifs is 1. The fourth-order valence-corrected chi connectivity index (χ4v) is 3.52. The third-order valence-electron chi connectivity index (χ3n) is 4.65. The Kier molecular flexibility index (Phi) is 3.76. The Labute approximate surface area is 146 Å². The van der Waals surface area contributed by atoms with Crippen LogP contribution in [-0.4, -0.2) is 20.7 Å². The molecule has 25 heavy (non-hydrogen) atoms. The Morgan fingerprint density at radius 3 is 2.76 bits per heavy atom. The third-order valence-corrected chi connectivity index (χ3v) is 4.65. The van der Waals surface area contributed by atoms with Crippen LogP contribution in [0.15, 0.2) is 48.7 Å². The predicted octanol–water partition coefficient (Wildman–Crippen LogP) is 3.34. The van der Waals surface area contributed by atoms with Crippen molar-refractivity contribution in [2.75, 3.05) is 5.73 Å². The minimum atomic E-state index is 0.0898. The second-order valence-electron chi connectivity index (χ2n) is 6.36. The van der Waals surface area contributed by atoms with Crippen LogP contribution in [0.4, 0.5) is 5.95 Å². The SMILES string of the molecule is Cc1nc(N)nc2c1C(=O)CC(c1cccc(-c3ccccn3)c1)C2. The molecule has 1 aliphatic carbocycles. The van der Waals surface area contributed by atoms with Gasteiger partial charge in [-0.1, -0.05) is 24.3 Å². The smallest absolute Gasteiger partial charge is 0.220 e. The maximum absolute atomic E-state index is 12.6. The van der Waals surface area contributed by atoms with E-state index >= 15 is 0 Å². The molecule has 0 spiro atoms. The highest BCUT2D eigenvalue weighted by Gasteiger charge is 2.29. The maximum atomic E-state index is 12.6. The molecule has 2 N–H and O–H groups in total. The van der Waals surface area contributed by atoms with E-state index in [4.69, 9.17) is 5.73 Å². The van der Waals surface area contributed by atoms with Crippen LogP contribution in [0, 0.1) is 6.92 Å². The summed E-state index contributed by atoms with van der Waals surface area (Å²) < 4.78 is 0. The first kappa shape index (κ1) is 15.4. The summed E-state index contributed by atoms with van der Waals surface area (Å²) in [4.78, 5) is 25.5. The minimum Gasteiger partial charge on any atom is -0.368 e. The number of hydrogen-bond donors (Lipinski definition) is 1. The second kappa shape index (κ2) is 6.09. The molecule has 0 saturated heterocycles. The molecule has 0 bridgehead atoms. The number of anilines is 1.